The van der Waals surface area contributed by atoms with Gasteiger partial charge < -0.3 is 10.2 Å². The molecule has 0 saturated heterocycles. The summed E-state index contributed by atoms with van der Waals surface area (Å²) in [5, 5.41) is 16.9. The number of carboxylic acids is 2. The fourth-order valence-electron chi connectivity index (χ4n) is 0.737. The molecule has 0 aromatic rings. The predicted octanol–water partition coefficient (Wildman–Crippen LogP) is 1.92. The maximum absolute atomic E-state index is 10.5. The van der Waals surface area contributed by atoms with Crippen LogP contribution < -0.4 is 0 Å². The normalized spacial score (nSPS) is 13.8. The molecule has 76 valence electrons. The Labute approximate surface area is 89.4 Å². The van der Waals surface area contributed by atoms with Crippen molar-refractivity contribution in [1.82, 2.24) is 0 Å². The molecule has 0 aromatic heterocycles. The minimum absolute atomic E-state index is 0.320. The largest absolute Gasteiger partial charge is 0.481 e. The first-order chi connectivity index (χ1) is 5.72. The highest BCUT2D eigenvalue weighted by Gasteiger charge is 2.31. The molecule has 13 heavy (non-hydrogen) atoms. The minimum Gasteiger partial charge on any atom is -0.481 e. The number of carboxylic acid groups (broad SMARTS) is 2. The van der Waals surface area contributed by atoms with Gasteiger partial charge in [-0.05, 0) is 0 Å². The molecule has 0 aliphatic rings. The van der Waals surface area contributed by atoms with E-state index in [2.05, 4.69) is 0 Å². The van der Waals surface area contributed by atoms with Crippen molar-refractivity contribution in [1.29, 1.82) is 0 Å². The molecule has 0 radical (unpaired) electrons. The van der Waals surface area contributed by atoms with Crippen LogP contribution in [0, 0.1) is 5.92 Å². The molecule has 0 saturated carbocycles. The lowest BCUT2D eigenvalue weighted by atomic mass is 10.0. The Bertz CT molecular complexity index is 210. The lowest BCUT2D eigenvalue weighted by Gasteiger charge is -2.15. The van der Waals surface area contributed by atoms with Crippen LogP contribution in [0.2, 0.25) is 0 Å². The molecule has 2 N–H and O–H groups in total. The van der Waals surface area contributed by atoms with Crippen molar-refractivity contribution in [2.75, 3.05) is 0 Å². The number of alkyl halides is 3. The highest BCUT2D eigenvalue weighted by molar-refractivity contribution is 6.67. The molecule has 0 aliphatic heterocycles. The summed E-state index contributed by atoms with van der Waals surface area (Å²) in [5.74, 6) is -3.69. The second-order valence-electron chi connectivity index (χ2n) is 2.45. The van der Waals surface area contributed by atoms with E-state index < -0.39 is 28.1 Å². The summed E-state index contributed by atoms with van der Waals surface area (Å²) >= 11 is 16.0. The van der Waals surface area contributed by atoms with Crippen LogP contribution >= 0.6 is 34.8 Å². The first kappa shape index (κ1) is 12.8. The molecular weight excluding hydrogens is 242 g/mol. The van der Waals surface area contributed by atoms with Gasteiger partial charge >= 0.3 is 11.9 Å². The third-order valence-electron chi connectivity index (χ3n) is 1.25. The van der Waals surface area contributed by atoms with Crippen molar-refractivity contribution in [3.63, 3.8) is 0 Å². The summed E-state index contributed by atoms with van der Waals surface area (Å²) < 4.78 is -1.74. The van der Waals surface area contributed by atoms with Gasteiger partial charge in [0.15, 0.2) is 3.79 Å². The van der Waals surface area contributed by atoms with Crippen LogP contribution in [-0.4, -0.2) is 25.9 Å². The van der Waals surface area contributed by atoms with E-state index in [0.29, 0.717) is 0 Å². The Kier molecular flexibility index (Phi) is 4.81. The van der Waals surface area contributed by atoms with Crippen molar-refractivity contribution in [2.24, 2.45) is 5.92 Å². The SMILES string of the molecule is O=C(O)CC(CC(Cl)(Cl)Cl)C(=O)O. The predicted molar refractivity (Wildman–Crippen MR) is 48.3 cm³/mol. The molecule has 0 bridgehead atoms. The Hall–Kier alpha value is -0.190. The second kappa shape index (κ2) is 4.88. The zero-order valence-corrected chi connectivity index (χ0v) is 8.60. The summed E-state index contributed by atoms with van der Waals surface area (Å²) in [4.78, 5) is 20.7. The van der Waals surface area contributed by atoms with Crippen molar-refractivity contribution < 1.29 is 19.8 Å². The van der Waals surface area contributed by atoms with Crippen LogP contribution in [0.15, 0.2) is 0 Å². The van der Waals surface area contributed by atoms with E-state index in [1.54, 1.807) is 0 Å². The Morgan fingerprint density at radius 3 is 1.92 bits per heavy atom. The zero-order valence-electron chi connectivity index (χ0n) is 6.34. The summed E-state index contributed by atoms with van der Waals surface area (Å²) in [5.41, 5.74) is 0. The molecule has 0 aromatic carbocycles. The average molecular weight is 249 g/mol. The molecule has 0 amide bonds. The van der Waals surface area contributed by atoms with Crippen LogP contribution in [0.1, 0.15) is 12.8 Å². The molecule has 0 fully saturated rings. The van der Waals surface area contributed by atoms with Crippen LogP contribution in [0.5, 0.6) is 0 Å². The number of halogens is 3. The van der Waals surface area contributed by atoms with E-state index in [0.717, 1.165) is 0 Å². The Morgan fingerprint density at radius 1 is 1.23 bits per heavy atom. The fraction of sp³-hybridized carbons (Fsp3) is 0.667. The topological polar surface area (TPSA) is 74.6 Å². The summed E-state index contributed by atoms with van der Waals surface area (Å²) in [6, 6.07) is 0. The summed E-state index contributed by atoms with van der Waals surface area (Å²) in [7, 11) is 0. The van der Waals surface area contributed by atoms with E-state index in [-0.39, 0.29) is 6.42 Å². The number of rotatable bonds is 4. The van der Waals surface area contributed by atoms with Gasteiger partial charge in [0.2, 0.25) is 0 Å². The first-order valence-corrected chi connectivity index (χ1v) is 4.37. The maximum Gasteiger partial charge on any atom is 0.307 e. The molecular formula is C6H7Cl3O4. The first-order valence-electron chi connectivity index (χ1n) is 3.23. The quantitative estimate of drug-likeness (QED) is 0.747. The Balaban J connectivity index is 4.27. The van der Waals surface area contributed by atoms with Crippen LogP contribution in [0.25, 0.3) is 0 Å². The van der Waals surface area contributed by atoms with Crippen molar-refractivity contribution >= 4 is 46.7 Å². The highest BCUT2D eigenvalue weighted by atomic mass is 35.6. The minimum atomic E-state index is -1.74. The molecule has 7 heteroatoms. The monoisotopic (exact) mass is 248 g/mol. The van der Waals surface area contributed by atoms with Crippen molar-refractivity contribution in [3.8, 4) is 0 Å². The lowest BCUT2D eigenvalue weighted by molar-refractivity contribution is -0.148. The smallest absolute Gasteiger partial charge is 0.307 e. The van der Waals surface area contributed by atoms with Gasteiger partial charge in [0.05, 0.1) is 12.3 Å². The molecule has 0 heterocycles. The molecule has 0 aliphatic carbocycles. The molecule has 0 spiro atoms. The van der Waals surface area contributed by atoms with Gasteiger partial charge in [-0.15, -0.1) is 0 Å². The van der Waals surface area contributed by atoms with Crippen LogP contribution in [-0.2, 0) is 9.59 Å². The van der Waals surface area contributed by atoms with E-state index in [1.165, 1.54) is 0 Å². The average Bonchev–Trinajstić information content (AvgIpc) is 1.81. The molecule has 0 rings (SSSR count). The number of carbonyl (C=O) groups is 2. The van der Waals surface area contributed by atoms with Crippen LogP contribution in [0.3, 0.4) is 0 Å². The van der Waals surface area contributed by atoms with Gasteiger partial charge in [-0.2, -0.15) is 0 Å². The molecule has 1 unspecified atom stereocenters. The van der Waals surface area contributed by atoms with Gasteiger partial charge in [0, 0.05) is 6.42 Å². The molecule has 4 nitrogen and oxygen atoms in total. The third kappa shape index (κ3) is 6.93. The Morgan fingerprint density at radius 2 is 1.69 bits per heavy atom. The fourth-order valence-corrected chi connectivity index (χ4v) is 1.30. The standard InChI is InChI=1S/C6H7Cl3O4/c7-6(8,9)2-3(5(12)13)1-4(10)11/h3H,1-2H2,(H,10,11)(H,12,13). The zero-order chi connectivity index (χ0) is 10.6. The maximum atomic E-state index is 10.5. The van der Waals surface area contributed by atoms with Gasteiger partial charge in [0.25, 0.3) is 0 Å². The van der Waals surface area contributed by atoms with E-state index >= 15 is 0 Å². The lowest BCUT2D eigenvalue weighted by Crippen LogP contribution is -2.23. The van der Waals surface area contributed by atoms with Crippen LogP contribution in [0.4, 0.5) is 0 Å². The number of hydrogen-bond acceptors (Lipinski definition) is 2. The summed E-state index contributed by atoms with van der Waals surface area (Å²) in [6.07, 6.45) is -0.872. The van der Waals surface area contributed by atoms with E-state index in [4.69, 9.17) is 45.0 Å². The number of hydrogen-bond donors (Lipinski definition) is 2. The van der Waals surface area contributed by atoms with Gasteiger partial charge in [-0.3, -0.25) is 9.59 Å². The third-order valence-corrected chi connectivity index (χ3v) is 1.71. The number of aliphatic carboxylic acids is 2. The van der Waals surface area contributed by atoms with Gasteiger partial charge in [-0.1, -0.05) is 34.8 Å². The van der Waals surface area contributed by atoms with E-state index in [9.17, 15) is 9.59 Å². The molecule has 1 atom stereocenters. The van der Waals surface area contributed by atoms with Gasteiger partial charge in [0.1, 0.15) is 0 Å². The summed E-state index contributed by atoms with van der Waals surface area (Å²) in [6.45, 7) is 0. The highest BCUT2D eigenvalue weighted by Crippen LogP contribution is 2.34. The van der Waals surface area contributed by atoms with Crippen molar-refractivity contribution in [2.45, 2.75) is 16.6 Å². The van der Waals surface area contributed by atoms with Crippen molar-refractivity contribution in [3.05, 3.63) is 0 Å². The van der Waals surface area contributed by atoms with E-state index in [1.807, 2.05) is 0 Å². The second-order valence-corrected chi connectivity index (χ2v) is 4.97. The van der Waals surface area contributed by atoms with Gasteiger partial charge in [-0.25, -0.2) is 0 Å².